The molecule has 19 heavy (non-hydrogen) atoms. The van der Waals surface area contributed by atoms with Gasteiger partial charge in [0.15, 0.2) is 0 Å². The Morgan fingerprint density at radius 2 is 1.89 bits per heavy atom. The monoisotopic (exact) mass is 290 g/mol. The number of hydrogen-bond donors (Lipinski definition) is 1. The summed E-state index contributed by atoms with van der Waals surface area (Å²) in [7, 11) is -0.216. The second kappa shape index (κ2) is 5.68. The highest BCUT2D eigenvalue weighted by atomic mass is 32.2. The summed E-state index contributed by atoms with van der Waals surface area (Å²) in [4.78, 5) is 0. The van der Waals surface area contributed by atoms with Gasteiger partial charge in [-0.05, 0) is 26.2 Å². The molecule has 2 saturated carbocycles. The lowest BCUT2D eigenvalue weighted by atomic mass is 9.55. The molecule has 0 radical (unpaired) electrons. The molecule has 0 aromatic rings. The van der Waals surface area contributed by atoms with Crippen molar-refractivity contribution >= 4 is 10.2 Å². The molecule has 6 heteroatoms. The van der Waals surface area contributed by atoms with Crippen LogP contribution in [0.2, 0.25) is 0 Å². The largest absolute Gasteiger partial charge is 0.378 e. The molecule has 0 saturated heterocycles. The lowest BCUT2D eigenvalue weighted by molar-refractivity contribution is -0.144. The maximum Gasteiger partial charge on any atom is 0.279 e. The predicted molar refractivity (Wildman–Crippen MR) is 75.1 cm³/mol. The van der Waals surface area contributed by atoms with Crippen molar-refractivity contribution in [2.24, 2.45) is 5.41 Å². The van der Waals surface area contributed by atoms with E-state index in [0.717, 1.165) is 19.3 Å². The molecule has 2 aliphatic carbocycles. The summed E-state index contributed by atoms with van der Waals surface area (Å²) in [5.41, 5.74) is 0.0390. The van der Waals surface area contributed by atoms with Gasteiger partial charge in [0.1, 0.15) is 0 Å². The Balaban J connectivity index is 2.09. The van der Waals surface area contributed by atoms with E-state index in [9.17, 15) is 8.42 Å². The van der Waals surface area contributed by atoms with E-state index < -0.39 is 10.2 Å². The van der Waals surface area contributed by atoms with Gasteiger partial charge in [0.25, 0.3) is 10.2 Å². The molecule has 1 N–H and O–H groups in total. The molecule has 0 bridgehead atoms. The molecule has 0 aromatic carbocycles. The van der Waals surface area contributed by atoms with Crippen LogP contribution in [-0.4, -0.2) is 45.6 Å². The molecule has 2 rings (SSSR count). The van der Waals surface area contributed by atoms with E-state index in [2.05, 4.69) is 4.72 Å². The van der Waals surface area contributed by atoms with Crippen LogP contribution < -0.4 is 4.72 Å². The third-order valence-electron chi connectivity index (χ3n) is 4.71. The van der Waals surface area contributed by atoms with Crippen molar-refractivity contribution in [3.63, 3.8) is 0 Å². The third kappa shape index (κ3) is 2.82. The first-order chi connectivity index (χ1) is 8.92. The lowest BCUT2D eigenvalue weighted by Gasteiger charge is -2.57. The maximum atomic E-state index is 12.0. The third-order valence-corrected chi connectivity index (χ3v) is 6.25. The highest BCUT2D eigenvalue weighted by Gasteiger charge is 2.56. The summed E-state index contributed by atoms with van der Waals surface area (Å²) in [6.45, 7) is 2.72. The van der Waals surface area contributed by atoms with Gasteiger partial charge < -0.3 is 4.74 Å². The van der Waals surface area contributed by atoms with E-state index in [1.165, 1.54) is 23.6 Å². The second-order valence-electron chi connectivity index (χ2n) is 5.93. The fourth-order valence-electron chi connectivity index (χ4n) is 3.51. The van der Waals surface area contributed by atoms with E-state index in [1.807, 2.05) is 6.92 Å². The Hall–Kier alpha value is -0.170. The van der Waals surface area contributed by atoms with Crippen LogP contribution in [0.3, 0.4) is 0 Å². The number of hydrogen-bond acceptors (Lipinski definition) is 3. The van der Waals surface area contributed by atoms with Gasteiger partial charge in [-0.3, -0.25) is 0 Å². The average molecular weight is 290 g/mol. The fourth-order valence-corrected chi connectivity index (χ4v) is 4.41. The predicted octanol–water partition coefficient (Wildman–Crippen LogP) is 1.51. The van der Waals surface area contributed by atoms with E-state index >= 15 is 0 Å². The molecule has 1 spiro atoms. The quantitative estimate of drug-likeness (QED) is 0.835. The van der Waals surface area contributed by atoms with Crippen molar-refractivity contribution in [3.8, 4) is 0 Å². The van der Waals surface area contributed by atoms with E-state index in [1.54, 1.807) is 14.1 Å². The summed E-state index contributed by atoms with van der Waals surface area (Å²) in [5.74, 6) is 0. The van der Waals surface area contributed by atoms with Crippen molar-refractivity contribution < 1.29 is 13.2 Å². The zero-order valence-corrected chi connectivity index (χ0v) is 13.0. The molecule has 0 heterocycles. The minimum Gasteiger partial charge on any atom is -0.378 e. The van der Waals surface area contributed by atoms with Gasteiger partial charge in [-0.15, -0.1) is 0 Å². The van der Waals surface area contributed by atoms with Gasteiger partial charge in [-0.25, -0.2) is 0 Å². The highest BCUT2D eigenvalue weighted by molar-refractivity contribution is 7.87. The molecule has 0 amide bonds. The average Bonchev–Trinajstić information content (AvgIpc) is 2.38. The number of nitrogens with one attached hydrogen (secondary N) is 1. The molecule has 0 unspecified atom stereocenters. The van der Waals surface area contributed by atoms with Gasteiger partial charge in [-0.1, -0.05) is 19.3 Å². The molecule has 0 aromatic heterocycles. The number of ether oxygens (including phenoxy) is 1. The molecular formula is C13H26N2O3S. The van der Waals surface area contributed by atoms with Crippen LogP contribution >= 0.6 is 0 Å². The van der Waals surface area contributed by atoms with Gasteiger partial charge in [0, 0.05) is 32.2 Å². The van der Waals surface area contributed by atoms with Crippen LogP contribution in [0.4, 0.5) is 0 Å². The first-order valence-corrected chi connectivity index (χ1v) is 8.68. The summed E-state index contributed by atoms with van der Waals surface area (Å²) in [6.07, 6.45) is 6.83. The number of rotatable bonds is 5. The molecule has 2 fully saturated rings. The Morgan fingerprint density at radius 1 is 1.26 bits per heavy atom. The molecule has 112 valence electrons. The van der Waals surface area contributed by atoms with Gasteiger partial charge >= 0.3 is 0 Å². The second-order valence-corrected chi connectivity index (χ2v) is 7.85. The maximum absolute atomic E-state index is 12.0. The van der Waals surface area contributed by atoms with Crippen molar-refractivity contribution in [2.45, 2.75) is 57.6 Å². The molecule has 2 aliphatic rings. The Kier molecular flexibility index (Phi) is 4.55. The fraction of sp³-hybridized carbons (Fsp3) is 1.00. The molecule has 2 atom stereocenters. The highest BCUT2D eigenvalue weighted by Crippen LogP contribution is 2.53. The molecular weight excluding hydrogens is 264 g/mol. The summed E-state index contributed by atoms with van der Waals surface area (Å²) >= 11 is 0. The van der Waals surface area contributed by atoms with Gasteiger partial charge in [0.05, 0.1) is 6.10 Å². The van der Waals surface area contributed by atoms with Crippen LogP contribution in [0.1, 0.15) is 45.4 Å². The van der Waals surface area contributed by atoms with E-state index in [-0.39, 0.29) is 17.6 Å². The van der Waals surface area contributed by atoms with Crippen molar-refractivity contribution in [2.75, 3.05) is 20.7 Å². The minimum absolute atomic E-state index is 0.0387. The number of nitrogens with zero attached hydrogens (tertiary/aromatic N) is 1. The van der Waals surface area contributed by atoms with E-state index in [4.69, 9.17) is 4.74 Å². The first-order valence-electron chi connectivity index (χ1n) is 7.24. The lowest BCUT2D eigenvalue weighted by Crippen LogP contribution is -2.66. The van der Waals surface area contributed by atoms with Crippen molar-refractivity contribution in [3.05, 3.63) is 0 Å². The van der Waals surface area contributed by atoms with Crippen molar-refractivity contribution in [1.29, 1.82) is 0 Å². The van der Waals surface area contributed by atoms with Crippen molar-refractivity contribution in [1.82, 2.24) is 9.03 Å². The summed E-state index contributed by atoms with van der Waals surface area (Å²) in [6, 6.07) is 0.0387. The Labute approximate surface area is 116 Å². The minimum atomic E-state index is -3.34. The van der Waals surface area contributed by atoms with Gasteiger partial charge in [-0.2, -0.15) is 17.4 Å². The summed E-state index contributed by atoms with van der Waals surface area (Å²) < 4.78 is 33.9. The zero-order valence-electron chi connectivity index (χ0n) is 12.2. The van der Waals surface area contributed by atoms with Crippen LogP contribution in [0.25, 0.3) is 0 Å². The van der Waals surface area contributed by atoms with Crippen LogP contribution in [-0.2, 0) is 14.9 Å². The zero-order chi connectivity index (χ0) is 14.1. The SMILES string of the molecule is CCO[C@H]1C[C@H](NS(=O)(=O)N(C)C)C12CCCCC2. The summed E-state index contributed by atoms with van der Waals surface area (Å²) in [5, 5.41) is 0. The standard InChI is InChI=1S/C13H26N2O3S/c1-4-18-12-10-11(14-19(16,17)15(2)3)13(12)8-6-5-7-9-13/h11-12,14H,4-10H2,1-3H3/t11-,12-/m0/s1. The first kappa shape index (κ1) is 15.2. The Morgan fingerprint density at radius 3 is 2.42 bits per heavy atom. The van der Waals surface area contributed by atoms with Crippen LogP contribution in [0, 0.1) is 5.41 Å². The molecule has 5 nitrogen and oxygen atoms in total. The van der Waals surface area contributed by atoms with Gasteiger partial charge in [0.2, 0.25) is 0 Å². The van der Waals surface area contributed by atoms with Crippen LogP contribution in [0.5, 0.6) is 0 Å². The van der Waals surface area contributed by atoms with E-state index in [0.29, 0.717) is 6.61 Å². The smallest absolute Gasteiger partial charge is 0.279 e. The Bertz CT molecular complexity index is 402. The normalized spacial score (nSPS) is 30.5. The van der Waals surface area contributed by atoms with Crippen LogP contribution in [0.15, 0.2) is 0 Å². The topological polar surface area (TPSA) is 58.6 Å². The molecule has 0 aliphatic heterocycles.